The van der Waals surface area contributed by atoms with Crippen molar-refractivity contribution in [1.82, 2.24) is 10.2 Å². The van der Waals surface area contributed by atoms with Crippen LogP contribution in [0.2, 0.25) is 0 Å². The number of nitrogens with zero attached hydrogens (tertiary/aromatic N) is 1. The van der Waals surface area contributed by atoms with Crippen LogP contribution < -0.4 is 11.1 Å². The molecule has 1 aliphatic rings. The molecule has 5 heteroatoms. The second-order valence-corrected chi connectivity index (χ2v) is 3.65. The molecular formula is C9H17N3O2. The van der Waals surface area contributed by atoms with Gasteiger partial charge in [-0.25, -0.2) is 4.79 Å². The fourth-order valence-electron chi connectivity index (χ4n) is 1.92. The van der Waals surface area contributed by atoms with Crippen LogP contribution in [0.4, 0.5) is 4.79 Å². The molecule has 1 rings (SSSR count). The van der Waals surface area contributed by atoms with Crippen molar-refractivity contribution < 1.29 is 9.59 Å². The molecule has 1 unspecified atom stereocenters. The van der Waals surface area contributed by atoms with Crippen LogP contribution in [-0.4, -0.2) is 30.1 Å². The molecule has 0 spiro atoms. The molecule has 1 atom stereocenters. The van der Waals surface area contributed by atoms with Gasteiger partial charge in [0.15, 0.2) is 0 Å². The standard InChI is InChI=1S/C9H17N3O2/c1-4-9(5-2)6(10)11-8(14)12(3)7(9)13/h6H,4-5,10H2,1-3H3,(H,11,14). The zero-order valence-electron chi connectivity index (χ0n) is 8.83. The quantitative estimate of drug-likeness (QED) is 0.669. The highest BCUT2D eigenvalue weighted by Crippen LogP contribution is 2.33. The second kappa shape index (κ2) is 3.57. The summed E-state index contributed by atoms with van der Waals surface area (Å²) in [6.45, 7) is 3.82. The Morgan fingerprint density at radius 2 is 1.93 bits per heavy atom. The van der Waals surface area contributed by atoms with Gasteiger partial charge in [-0.15, -0.1) is 0 Å². The van der Waals surface area contributed by atoms with Gasteiger partial charge in [-0.3, -0.25) is 9.69 Å². The maximum Gasteiger partial charge on any atom is 0.325 e. The number of carbonyl (C=O) groups excluding carboxylic acids is 2. The van der Waals surface area contributed by atoms with E-state index in [1.807, 2.05) is 13.8 Å². The number of nitrogens with two attached hydrogens (primary N) is 1. The minimum atomic E-state index is -0.636. The molecule has 1 heterocycles. The molecule has 1 saturated heterocycles. The van der Waals surface area contributed by atoms with Gasteiger partial charge in [-0.2, -0.15) is 0 Å². The zero-order valence-corrected chi connectivity index (χ0v) is 8.83. The molecule has 3 amide bonds. The number of urea groups is 1. The highest BCUT2D eigenvalue weighted by atomic mass is 16.2. The molecule has 14 heavy (non-hydrogen) atoms. The van der Waals surface area contributed by atoms with Crippen molar-refractivity contribution in [2.24, 2.45) is 11.1 Å². The first-order chi connectivity index (χ1) is 6.49. The third kappa shape index (κ3) is 1.28. The van der Waals surface area contributed by atoms with Crippen LogP contribution in [0.25, 0.3) is 0 Å². The minimum Gasteiger partial charge on any atom is -0.321 e. The smallest absolute Gasteiger partial charge is 0.321 e. The Kier molecular flexibility index (Phi) is 2.80. The van der Waals surface area contributed by atoms with Crippen LogP contribution in [0.3, 0.4) is 0 Å². The van der Waals surface area contributed by atoms with Gasteiger partial charge < -0.3 is 11.1 Å². The number of carbonyl (C=O) groups is 2. The van der Waals surface area contributed by atoms with Crippen LogP contribution in [-0.2, 0) is 4.79 Å². The molecule has 5 nitrogen and oxygen atoms in total. The van der Waals surface area contributed by atoms with Crippen molar-refractivity contribution >= 4 is 11.9 Å². The largest absolute Gasteiger partial charge is 0.325 e. The summed E-state index contributed by atoms with van der Waals surface area (Å²) >= 11 is 0. The number of nitrogens with one attached hydrogen (secondary N) is 1. The number of imide groups is 1. The monoisotopic (exact) mass is 199 g/mol. The number of rotatable bonds is 2. The van der Waals surface area contributed by atoms with Crippen LogP contribution in [0.15, 0.2) is 0 Å². The Morgan fingerprint density at radius 3 is 2.36 bits per heavy atom. The van der Waals surface area contributed by atoms with E-state index in [0.29, 0.717) is 12.8 Å². The fraction of sp³-hybridized carbons (Fsp3) is 0.778. The average Bonchev–Trinajstić information content (AvgIpc) is 2.17. The maximum atomic E-state index is 11.9. The Hall–Kier alpha value is -1.10. The topological polar surface area (TPSA) is 75.4 Å². The van der Waals surface area contributed by atoms with E-state index in [1.165, 1.54) is 7.05 Å². The summed E-state index contributed by atoms with van der Waals surface area (Å²) in [4.78, 5) is 24.3. The Morgan fingerprint density at radius 1 is 1.43 bits per heavy atom. The highest BCUT2D eigenvalue weighted by Gasteiger charge is 2.48. The van der Waals surface area contributed by atoms with Crippen LogP contribution >= 0.6 is 0 Å². The van der Waals surface area contributed by atoms with E-state index in [2.05, 4.69) is 5.32 Å². The molecule has 0 aliphatic carbocycles. The molecule has 0 bridgehead atoms. The summed E-state index contributed by atoms with van der Waals surface area (Å²) in [5, 5.41) is 2.60. The van der Waals surface area contributed by atoms with Crippen LogP contribution in [0.5, 0.6) is 0 Å². The van der Waals surface area contributed by atoms with E-state index in [1.54, 1.807) is 0 Å². The molecule has 0 aromatic carbocycles. The zero-order chi connectivity index (χ0) is 10.9. The molecule has 0 radical (unpaired) electrons. The summed E-state index contributed by atoms with van der Waals surface area (Å²) in [6.07, 6.45) is 0.691. The van der Waals surface area contributed by atoms with Gasteiger partial charge in [0.05, 0.1) is 11.6 Å². The third-order valence-electron chi connectivity index (χ3n) is 3.17. The van der Waals surface area contributed by atoms with E-state index in [0.717, 1.165) is 4.90 Å². The predicted octanol–water partition coefficient (Wildman–Crippen LogP) is 0.259. The van der Waals surface area contributed by atoms with Gasteiger partial charge in [0.1, 0.15) is 0 Å². The van der Waals surface area contributed by atoms with Gasteiger partial charge in [0, 0.05) is 7.05 Å². The second-order valence-electron chi connectivity index (χ2n) is 3.65. The first-order valence-corrected chi connectivity index (χ1v) is 4.83. The summed E-state index contributed by atoms with van der Waals surface area (Å²) < 4.78 is 0. The van der Waals surface area contributed by atoms with E-state index < -0.39 is 17.6 Å². The lowest BCUT2D eigenvalue weighted by atomic mass is 9.77. The molecule has 0 saturated carbocycles. The Labute approximate surface area is 83.6 Å². The third-order valence-corrected chi connectivity index (χ3v) is 3.17. The fourth-order valence-corrected chi connectivity index (χ4v) is 1.92. The molecule has 3 N–H and O–H groups in total. The van der Waals surface area contributed by atoms with Gasteiger partial charge in [0.25, 0.3) is 0 Å². The van der Waals surface area contributed by atoms with Crippen molar-refractivity contribution in [3.8, 4) is 0 Å². The first kappa shape index (κ1) is 11.0. The van der Waals surface area contributed by atoms with Crippen LogP contribution in [0.1, 0.15) is 26.7 Å². The Balaban J connectivity index is 3.05. The van der Waals surface area contributed by atoms with Crippen molar-refractivity contribution in [1.29, 1.82) is 0 Å². The lowest BCUT2D eigenvalue weighted by Crippen LogP contribution is -2.67. The van der Waals surface area contributed by atoms with Gasteiger partial charge in [-0.1, -0.05) is 13.8 Å². The maximum absolute atomic E-state index is 11.9. The van der Waals surface area contributed by atoms with E-state index in [4.69, 9.17) is 5.73 Å². The summed E-state index contributed by atoms with van der Waals surface area (Å²) in [7, 11) is 1.48. The van der Waals surface area contributed by atoms with Gasteiger partial charge >= 0.3 is 6.03 Å². The molecule has 1 aliphatic heterocycles. The normalized spacial score (nSPS) is 26.3. The van der Waals surface area contributed by atoms with Crippen molar-refractivity contribution in [3.63, 3.8) is 0 Å². The highest BCUT2D eigenvalue weighted by molar-refractivity contribution is 6.00. The van der Waals surface area contributed by atoms with Crippen molar-refractivity contribution in [3.05, 3.63) is 0 Å². The van der Waals surface area contributed by atoms with Crippen molar-refractivity contribution in [2.45, 2.75) is 32.9 Å². The molecule has 80 valence electrons. The first-order valence-electron chi connectivity index (χ1n) is 4.83. The summed E-state index contributed by atoms with van der Waals surface area (Å²) in [5.74, 6) is -0.182. The number of hydrogen-bond acceptors (Lipinski definition) is 3. The van der Waals surface area contributed by atoms with Crippen molar-refractivity contribution in [2.75, 3.05) is 7.05 Å². The average molecular weight is 199 g/mol. The van der Waals surface area contributed by atoms with E-state index in [-0.39, 0.29) is 5.91 Å². The van der Waals surface area contributed by atoms with Crippen LogP contribution in [0, 0.1) is 5.41 Å². The van der Waals surface area contributed by atoms with E-state index in [9.17, 15) is 9.59 Å². The number of hydrogen-bond donors (Lipinski definition) is 2. The predicted molar refractivity (Wildman–Crippen MR) is 52.3 cm³/mol. The summed E-state index contributed by atoms with van der Waals surface area (Å²) in [6, 6.07) is -0.417. The van der Waals surface area contributed by atoms with Gasteiger partial charge in [-0.05, 0) is 12.8 Å². The SMILES string of the molecule is CCC1(CC)C(=O)N(C)C(=O)NC1N. The molecule has 1 fully saturated rings. The summed E-state index contributed by atoms with van der Waals surface area (Å²) in [5.41, 5.74) is 5.16. The number of amides is 3. The lowest BCUT2D eigenvalue weighted by Gasteiger charge is -2.43. The molecular weight excluding hydrogens is 182 g/mol. The lowest BCUT2D eigenvalue weighted by molar-refractivity contribution is -0.142. The van der Waals surface area contributed by atoms with Gasteiger partial charge in [0.2, 0.25) is 5.91 Å². The molecule has 0 aromatic rings. The minimum absolute atomic E-state index is 0.182. The molecule has 0 aromatic heterocycles. The Bertz CT molecular complexity index is 261. The van der Waals surface area contributed by atoms with E-state index >= 15 is 0 Å².